The molecule has 1 aliphatic heterocycles. The molecule has 0 bridgehead atoms. The van der Waals surface area contributed by atoms with Crippen LogP contribution in [0.4, 0.5) is 0 Å². The normalized spacial score (nSPS) is 15.7. The maximum atomic E-state index is 6.89. The highest BCUT2D eigenvalue weighted by Crippen LogP contribution is 2.42. The van der Waals surface area contributed by atoms with Crippen molar-refractivity contribution in [3.05, 3.63) is 211 Å². The highest BCUT2D eigenvalue weighted by Gasteiger charge is 2.26. The molecule has 0 saturated heterocycles. The van der Waals surface area contributed by atoms with E-state index in [0.717, 1.165) is 72.3 Å². The van der Waals surface area contributed by atoms with Gasteiger partial charge in [-0.15, -0.1) is 0 Å². The van der Waals surface area contributed by atoms with Gasteiger partial charge in [0, 0.05) is 27.1 Å². The molecular weight excluding hydrogens is 685 g/mol. The van der Waals surface area contributed by atoms with E-state index >= 15 is 0 Å². The van der Waals surface area contributed by atoms with E-state index in [1.807, 2.05) is 12.1 Å². The Morgan fingerprint density at radius 3 is 1.98 bits per heavy atom. The molecular formula is C51H36N4O. The van der Waals surface area contributed by atoms with Gasteiger partial charge in [-0.3, -0.25) is 5.32 Å². The lowest BCUT2D eigenvalue weighted by molar-refractivity contribution is 0.409. The number of hydrogen-bond acceptors (Lipinski definition) is 4. The summed E-state index contributed by atoms with van der Waals surface area (Å²) in [6, 6.07) is 68.6. The van der Waals surface area contributed by atoms with Crippen LogP contribution in [0.5, 0.6) is 0 Å². The Morgan fingerprint density at radius 1 is 0.482 bits per heavy atom. The number of furan rings is 1. The van der Waals surface area contributed by atoms with Crippen molar-refractivity contribution < 1.29 is 4.42 Å². The van der Waals surface area contributed by atoms with Crippen molar-refractivity contribution in [2.24, 2.45) is 4.99 Å². The molecule has 0 radical (unpaired) electrons. The summed E-state index contributed by atoms with van der Waals surface area (Å²) in [5, 5.41) is 12.0. The number of rotatable bonds is 6. The first-order valence-electron chi connectivity index (χ1n) is 19.1. The van der Waals surface area contributed by atoms with Crippen LogP contribution in [0.25, 0.3) is 71.7 Å². The van der Waals surface area contributed by atoms with Crippen molar-refractivity contribution in [2.45, 2.75) is 12.3 Å². The molecule has 5 heteroatoms. The van der Waals surface area contributed by atoms with Crippen LogP contribution in [0.2, 0.25) is 0 Å². The van der Waals surface area contributed by atoms with Crippen LogP contribution >= 0.6 is 0 Å². The van der Waals surface area contributed by atoms with Crippen LogP contribution in [0.15, 0.2) is 204 Å². The van der Waals surface area contributed by atoms with E-state index in [4.69, 9.17) is 9.41 Å². The number of para-hydroxylation sites is 2. The summed E-state index contributed by atoms with van der Waals surface area (Å²) in [6.45, 7) is 0. The lowest BCUT2D eigenvalue weighted by Crippen LogP contribution is -2.44. The predicted molar refractivity (Wildman–Crippen MR) is 230 cm³/mol. The van der Waals surface area contributed by atoms with Crippen molar-refractivity contribution >= 4 is 49.6 Å². The van der Waals surface area contributed by atoms with Gasteiger partial charge in [0.25, 0.3) is 0 Å². The van der Waals surface area contributed by atoms with Gasteiger partial charge in [-0.05, 0) is 63.7 Å². The van der Waals surface area contributed by atoms with Crippen molar-refractivity contribution in [3.63, 3.8) is 0 Å². The summed E-state index contributed by atoms with van der Waals surface area (Å²) in [5.41, 5.74) is 12.9. The van der Waals surface area contributed by atoms with Crippen LogP contribution < -0.4 is 10.6 Å². The highest BCUT2D eigenvalue weighted by molar-refractivity contribution is 6.16. The summed E-state index contributed by atoms with van der Waals surface area (Å²) >= 11 is 0. The zero-order chi connectivity index (χ0) is 37.0. The lowest BCUT2D eigenvalue weighted by atomic mass is 9.97. The zero-order valence-electron chi connectivity index (χ0n) is 30.4. The number of fused-ring (bicyclic) bond motifs is 6. The minimum Gasteiger partial charge on any atom is -0.454 e. The van der Waals surface area contributed by atoms with Gasteiger partial charge >= 0.3 is 0 Å². The second-order valence-electron chi connectivity index (χ2n) is 14.4. The molecule has 3 heterocycles. The topological polar surface area (TPSA) is 54.5 Å². The maximum Gasteiger partial charge on any atom is 0.159 e. The molecule has 1 aliphatic rings. The van der Waals surface area contributed by atoms with E-state index in [-0.39, 0.29) is 12.3 Å². The predicted octanol–water partition coefficient (Wildman–Crippen LogP) is 12.4. The van der Waals surface area contributed by atoms with Crippen molar-refractivity contribution in [1.82, 2.24) is 15.2 Å². The largest absolute Gasteiger partial charge is 0.454 e. The number of nitrogens with zero attached hydrogens (tertiary/aromatic N) is 2. The Kier molecular flexibility index (Phi) is 7.64. The highest BCUT2D eigenvalue weighted by atomic mass is 16.3. The summed E-state index contributed by atoms with van der Waals surface area (Å²) < 4.78 is 9.26. The number of nitrogens with one attached hydrogen (secondary N) is 2. The SMILES string of the molecule is c1ccc(-c2ccc3c4ccccc4n(-c4cccc5c4oc4cccc(-c6cccc(C7=NC(c8ccccc8)NC(c8ccccc8)N7)c6)c45)c3c2)cc1. The molecule has 266 valence electrons. The number of aliphatic imine (C=N–C) groups is 1. The van der Waals surface area contributed by atoms with Crippen LogP contribution in [0, 0.1) is 0 Å². The Morgan fingerprint density at radius 2 is 1.14 bits per heavy atom. The third kappa shape index (κ3) is 5.40. The van der Waals surface area contributed by atoms with Crippen molar-refractivity contribution in [2.75, 3.05) is 0 Å². The van der Waals surface area contributed by atoms with Crippen LogP contribution in [-0.4, -0.2) is 10.4 Å². The lowest BCUT2D eigenvalue weighted by Gasteiger charge is -2.32. The second-order valence-corrected chi connectivity index (χ2v) is 14.4. The summed E-state index contributed by atoms with van der Waals surface area (Å²) in [6.07, 6.45) is -0.313. The van der Waals surface area contributed by atoms with Gasteiger partial charge in [0.2, 0.25) is 0 Å². The molecule has 0 spiro atoms. The molecule has 10 aromatic rings. The van der Waals surface area contributed by atoms with Gasteiger partial charge in [-0.25, -0.2) is 4.99 Å². The summed E-state index contributed by atoms with van der Waals surface area (Å²) in [5.74, 6) is 0.848. The zero-order valence-corrected chi connectivity index (χ0v) is 30.4. The number of aromatic nitrogens is 1. The van der Waals surface area contributed by atoms with Crippen molar-refractivity contribution in [1.29, 1.82) is 0 Å². The first-order valence-corrected chi connectivity index (χ1v) is 19.1. The van der Waals surface area contributed by atoms with Gasteiger partial charge in [0.1, 0.15) is 23.8 Å². The average Bonchev–Trinajstić information content (AvgIpc) is 3.83. The smallest absolute Gasteiger partial charge is 0.159 e. The molecule has 2 N–H and O–H groups in total. The Balaban J connectivity index is 1.06. The number of benzene rings is 8. The van der Waals surface area contributed by atoms with Gasteiger partial charge in [0.15, 0.2) is 5.58 Å². The molecule has 2 unspecified atom stereocenters. The average molecular weight is 721 g/mol. The van der Waals surface area contributed by atoms with Gasteiger partial charge < -0.3 is 14.3 Å². The maximum absolute atomic E-state index is 6.89. The third-order valence-electron chi connectivity index (χ3n) is 11.1. The quantitative estimate of drug-likeness (QED) is 0.180. The third-order valence-corrected chi connectivity index (χ3v) is 11.1. The van der Waals surface area contributed by atoms with E-state index in [2.05, 4.69) is 197 Å². The standard InChI is InChI=1S/C51H36N4O/c1-4-15-33(16-5-1)36-29-30-41-40-23-10-11-26-43(40)55(45(41)32-36)44-27-13-25-42-47-39(24-14-28-46(47)56-48(42)44)37-21-12-22-38(31-37)51-53-49(34-17-6-2-7-18-34)52-50(54-51)35-19-8-3-9-20-35/h1-32,49-50,52H,(H,53,54). The second kappa shape index (κ2) is 13.3. The minimum atomic E-state index is -0.203. The van der Waals surface area contributed by atoms with E-state index in [1.54, 1.807) is 0 Å². The first-order chi connectivity index (χ1) is 27.8. The van der Waals surface area contributed by atoms with E-state index < -0.39 is 0 Å². The molecule has 0 fully saturated rings. The van der Waals surface area contributed by atoms with Crippen molar-refractivity contribution in [3.8, 4) is 27.9 Å². The minimum absolute atomic E-state index is 0.109. The van der Waals surface area contributed by atoms with E-state index in [1.165, 1.54) is 21.9 Å². The molecule has 11 rings (SSSR count). The van der Waals surface area contributed by atoms with Crippen LogP contribution in [0.3, 0.4) is 0 Å². The Labute approximate surface area is 324 Å². The first kappa shape index (κ1) is 32.2. The monoisotopic (exact) mass is 720 g/mol. The fourth-order valence-electron chi connectivity index (χ4n) is 8.45. The van der Waals surface area contributed by atoms with Crippen LogP contribution in [0.1, 0.15) is 29.0 Å². The molecule has 8 aromatic carbocycles. The van der Waals surface area contributed by atoms with Gasteiger partial charge in [-0.2, -0.15) is 0 Å². The van der Waals surface area contributed by atoms with Gasteiger partial charge in [-0.1, -0.05) is 164 Å². The fraction of sp³-hybridized carbons (Fsp3) is 0.0392. The molecule has 2 atom stereocenters. The Hall–Kier alpha value is -7.21. The molecule has 0 amide bonds. The number of amidine groups is 1. The summed E-state index contributed by atoms with van der Waals surface area (Å²) in [4.78, 5) is 5.22. The van der Waals surface area contributed by atoms with Crippen LogP contribution in [-0.2, 0) is 0 Å². The summed E-state index contributed by atoms with van der Waals surface area (Å²) in [7, 11) is 0. The fourth-order valence-corrected chi connectivity index (χ4v) is 8.45. The van der Waals surface area contributed by atoms with E-state index in [9.17, 15) is 0 Å². The molecule has 5 nitrogen and oxygen atoms in total. The Bertz CT molecular complexity index is 3090. The molecule has 2 aromatic heterocycles. The number of hydrogen-bond donors (Lipinski definition) is 2. The molecule has 0 saturated carbocycles. The van der Waals surface area contributed by atoms with Gasteiger partial charge in [0.05, 0.1) is 16.7 Å². The van der Waals surface area contributed by atoms with E-state index in [0.29, 0.717) is 0 Å². The molecule has 56 heavy (non-hydrogen) atoms. The molecule has 0 aliphatic carbocycles.